The van der Waals surface area contributed by atoms with Crippen molar-refractivity contribution in [2.75, 3.05) is 0 Å². The molecule has 4 fully saturated rings. The zero-order valence-corrected chi connectivity index (χ0v) is 26.7. The van der Waals surface area contributed by atoms with E-state index in [1.807, 2.05) is 30.3 Å². The molecule has 5 aliphatic carbocycles. The van der Waals surface area contributed by atoms with Gasteiger partial charge in [-0.25, -0.2) is 0 Å². The lowest BCUT2D eigenvalue weighted by atomic mass is 9.34. The summed E-state index contributed by atoms with van der Waals surface area (Å²) < 4.78 is 6.15. The molecule has 0 bridgehead atoms. The van der Waals surface area contributed by atoms with Gasteiger partial charge in [-0.1, -0.05) is 89.9 Å². The summed E-state index contributed by atoms with van der Waals surface area (Å²) in [5, 5.41) is 22.1. The summed E-state index contributed by atoms with van der Waals surface area (Å²) in [7, 11) is 0. The van der Waals surface area contributed by atoms with E-state index in [0.29, 0.717) is 24.9 Å². The van der Waals surface area contributed by atoms with Crippen LogP contribution in [0.5, 0.6) is 0 Å². The molecule has 8 atom stereocenters. The van der Waals surface area contributed by atoms with Crippen LogP contribution in [0.4, 0.5) is 0 Å². The molecule has 226 valence electrons. The van der Waals surface area contributed by atoms with Gasteiger partial charge >= 0.3 is 5.97 Å². The van der Waals surface area contributed by atoms with Crippen LogP contribution in [0.3, 0.4) is 0 Å². The van der Waals surface area contributed by atoms with Crippen LogP contribution >= 0.6 is 0 Å². The third-order valence-electron chi connectivity index (χ3n) is 14.1. The highest BCUT2D eigenvalue weighted by Gasteiger charge is 2.69. The van der Waals surface area contributed by atoms with Gasteiger partial charge in [-0.05, 0) is 109 Å². The standard InChI is InChI=1S/C37H54O4/c1-32(2)17-19-37(31(40)41-23-24-11-9-8-10-12-24)20-18-35(6)25(26(37)21-32)13-14-29-34(5)22-27(38)30(39)33(3,4)28(34)15-16-36(29,35)7/h8-12,27-30,38-39H,13-23H2,1-7H3/t27-,28?,29?,30+,34-,35+,36+,37-/m0/s1. The number of hydrogen-bond donors (Lipinski definition) is 2. The molecule has 0 radical (unpaired) electrons. The van der Waals surface area contributed by atoms with E-state index in [4.69, 9.17) is 4.74 Å². The Kier molecular flexibility index (Phi) is 6.76. The maximum absolute atomic E-state index is 14.1. The largest absolute Gasteiger partial charge is 0.460 e. The third-order valence-corrected chi connectivity index (χ3v) is 14.1. The molecule has 0 heterocycles. The number of carbonyl (C=O) groups is 1. The van der Waals surface area contributed by atoms with Crippen LogP contribution in [0.25, 0.3) is 0 Å². The summed E-state index contributed by atoms with van der Waals surface area (Å²) in [6.45, 7) is 17.0. The molecule has 41 heavy (non-hydrogen) atoms. The number of esters is 1. The fourth-order valence-electron chi connectivity index (χ4n) is 11.6. The van der Waals surface area contributed by atoms with E-state index in [9.17, 15) is 15.0 Å². The van der Waals surface area contributed by atoms with Gasteiger partial charge in [0.15, 0.2) is 0 Å². The molecule has 0 aromatic heterocycles. The number of rotatable bonds is 3. The first-order chi connectivity index (χ1) is 19.1. The second kappa shape index (κ2) is 9.42. The quantitative estimate of drug-likeness (QED) is 0.289. The van der Waals surface area contributed by atoms with Crippen molar-refractivity contribution >= 4 is 5.97 Å². The number of benzene rings is 1. The normalized spacial score (nSPS) is 44.6. The molecule has 2 N–H and O–H groups in total. The fourth-order valence-corrected chi connectivity index (χ4v) is 11.6. The number of aliphatic hydroxyl groups is 2. The van der Waals surface area contributed by atoms with Crippen LogP contribution in [-0.4, -0.2) is 28.4 Å². The van der Waals surface area contributed by atoms with Crippen LogP contribution in [0.2, 0.25) is 0 Å². The van der Waals surface area contributed by atoms with E-state index < -0.39 is 17.6 Å². The number of hydrogen-bond acceptors (Lipinski definition) is 4. The Morgan fingerprint density at radius 1 is 0.854 bits per heavy atom. The minimum absolute atomic E-state index is 0.00418. The number of allylic oxidation sites excluding steroid dienone is 1. The summed E-state index contributed by atoms with van der Waals surface area (Å²) in [6.07, 6.45) is 8.56. The number of carbonyl (C=O) groups excluding carboxylic acids is 1. The number of ether oxygens (including phenoxy) is 1. The van der Waals surface area contributed by atoms with Gasteiger partial charge in [0, 0.05) is 0 Å². The van der Waals surface area contributed by atoms with Gasteiger partial charge in [-0.3, -0.25) is 4.79 Å². The number of fused-ring (bicyclic) bond motifs is 6. The van der Waals surface area contributed by atoms with Gasteiger partial charge in [0.25, 0.3) is 0 Å². The highest BCUT2D eigenvalue weighted by atomic mass is 16.5. The summed E-state index contributed by atoms with van der Waals surface area (Å²) in [5.41, 5.74) is 3.55. The lowest BCUT2D eigenvalue weighted by Gasteiger charge is -2.71. The van der Waals surface area contributed by atoms with Crippen LogP contribution in [0.1, 0.15) is 118 Å². The van der Waals surface area contributed by atoms with Gasteiger partial charge in [0.05, 0.1) is 17.6 Å². The fraction of sp³-hybridized carbons (Fsp3) is 0.757. The third kappa shape index (κ3) is 4.09. The first-order valence-corrected chi connectivity index (χ1v) is 16.4. The molecule has 4 saturated carbocycles. The summed E-state index contributed by atoms with van der Waals surface area (Å²) in [6, 6.07) is 10.1. The SMILES string of the molecule is CC1(C)CC[C@]2(C(=O)OCc3ccccc3)CC[C@]3(C)C(=C2C1)CCC1[C@@]2(C)C[C@H](O)[C@@H](O)C(C)(C)C2CC[C@]13C. The predicted octanol–water partition coefficient (Wildman–Crippen LogP) is 8.01. The van der Waals surface area contributed by atoms with E-state index in [2.05, 4.69) is 48.5 Å². The molecule has 6 rings (SSSR count). The average molecular weight is 563 g/mol. The van der Waals surface area contributed by atoms with Gasteiger partial charge in [0.1, 0.15) is 6.61 Å². The van der Waals surface area contributed by atoms with E-state index in [-0.39, 0.29) is 33.0 Å². The predicted molar refractivity (Wildman–Crippen MR) is 163 cm³/mol. The molecule has 4 nitrogen and oxygen atoms in total. The van der Waals surface area contributed by atoms with Crippen LogP contribution < -0.4 is 0 Å². The van der Waals surface area contributed by atoms with Gasteiger partial charge < -0.3 is 14.9 Å². The molecule has 5 aliphatic rings. The minimum atomic E-state index is -0.668. The topological polar surface area (TPSA) is 66.8 Å². The van der Waals surface area contributed by atoms with Crippen molar-refractivity contribution < 1.29 is 19.7 Å². The molecular weight excluding hydrogens is 508 g/mol. The van der Waals surface area contributed by atoms with Gasteiger partial charge in [-0.2, -0.15) is 0 Å². The minimum Gasteiger partial charge on any atom is -0.460 e. The molecule has 2 unspecified atom stereocenters. The maximum Gasteiger partial charge on any atom is 0.316 e. The second-order valence-electron chi connectivity index (χ2n) is 16.9. The van der Waals surface area contributed by atoms with Gasteiger partial charge in [-0.15, -0.1) is 0 Å². The van der Waals surface area contributed by atoms with Crippen molar-refractivity contribution in [3.63, 3.8) is 0 Å². The highest BCUT2D eigenvalue weighted by Crippen LogP contribution is 2.75. The van der Waals surface area contributed by atoms with Crippen molar-refractivity contribution in [1.82, 2.24) is 0 Å². The van der Waals surface area contributed by atoms with Crippen LogP contribution in [0.15, 0.2) is 41.5 Å². The van der Waals surface area contributed by atoms with Crippen LogP contribution in [0, 0.1) is 44.3 Å². The first-order valence-electron chi connectivity index (χ1n) is 16.4. The molecule has 1 aromatic carbocycles. The Bertz CT molecular complexity index is 1230. The van der Waals surface area contributed by atoms with Crippen molar-refractivity contribution in [3.05, 3.63) is 47.0 Å². The lowest BCUT2D eigenvalue weighted by Crippen LogP contribution is -2.66. The molecule has 1 aromatic rings. The highest BCUT2D eigenvalue weighted by molar-refractivity contribution is 5.82. The van der Waals surface area contributed by atoms with Crippen molar-refractivity contribution in [1.29, 1.82) is 0 Å². The zero-order chi connectivity index (χ0) is 29.6. The molecule has 0 aliphatic heterocycles. The monoisotopic (exact) mass is 562 g/mol. The Labute approximate surface area is 248 Å². The van der Waals surface area contributed by atoms with Crippen molar-refractivity contribution in [2.24, 2.45) is 44.3 Å². The Morgan fingerprint density at radius 2 is 1.54 bits per heavy atom. The smallest absolute Gasteiger partial charge is 0.316 e. The molecule has 0 saturated heterocycles. The van der Waals surface area contributed by atoms with Crippen molar-refractivity contribution in [3.8, 4) is 0 Å². The van der Waals surface area contributed by atoms with E-state index in [1.165, 1.54) is 5.57 Å². The van der Waals surface area contributed by atoms with E-state index >= 15 is 0 Å². The summed E-state index contributed by atoms with van der Waals surface area (Å²) in [5.74, 6) is 0.877. The number of aliphatic hydroxyl groups excluding tert-OH is 2. The summed E-state index contributed by atoms with van der Waals surface area (Å²) in [4.78, 5) is 14.1. The molecule has 4 heteroatoms. The zero-order valence-electron chi connectivity index (χ0n) is 26.7. The first kappa shape index (κ1) is 29.4. The van der Waals surface area contributed by atoms with Crippen molar-refractivity contribution in [2.45, 2.75) is 131 Å². The Morgan fingerprint density at radius 3 is 2.24 bits per heavy atom. The second-order valence-corrected chi connectivity index (χ2v) is 16.9. The van der Waals surface area contributed by atoms with Crippen LogP contribution in [-0.2, 0) is 16.1 Å². The maximum atomic E-state index is 14.1. The molecule has 0 amide bonds. The Balaban J connectivity index is 1.39. The van der Waals surface area contributed by atoms with E-state index in [0.717, 1.165) is 63.4 Å². The average Bonchev–Trinajstić information content (AvgIpc) is 2.91. The Hall–Kier alpha value is -1.65. The van der Waals surface area contributed by atoms with Gasteiger partial charge in [0.2, 0.25) is 0 Å². The summed E-state index contributed by atoms with van der Waals surface area (Å²) >= 11 is 0. The lowest BCUT2D eigenvalue weighted by molar-refractivity contribution is -0.233. The molecule has 0 spiro atoms. The molecular formula is C37H54O4. The van der Waals surface area contributed by atoms with E-state index in [1.54, 1.807) is 5.57 Å².